The minimum atomic E-state index is 0.291. The van der Waals surface area contributed by atoms with E-state index in [0.29, 0.717) is 17.6 Å². The lowest BCUT2D eigenvalue weighted by atomic mass is 9.83. The summed E-state index contributed by atoms with van der Waals surface area (Å²) >= 11 is 0. The first kappa shape index (κ1) is 15.5. The molecule has 1 aromatic rings. The van der Waals surface area contributed by atoms with Crippen LogP contribution in [0.15, 0.2) is 35.3 Å². The number of ether oxygens (including phenoxy) is 1. The summed E-state index contributed by atoms with van der Waals surface area (Å²) in [6.45, 7) is 8.74. The second-order valence-corrected chi connectivity index (χ2v) is 7.60. The van der Waals surface area contributed by atoms with E-state index in [2.05, 4.69) is 31.9 Å². The van der Waals surface area contributed by atoms with Crippen LogP contribution in [0.3, 0.4) is 0 Å². The fourth-order valence-electron chi connectivity index (χ4n) is 3.87. The Labute approximate surface area is 134 Å². The normalized spacial score (nSPS) is 28.6. The molecule has 2 heterocycles. The number of rotatable bonds is 4. The summed E-state index contributed by atoms with van der Waals surface area (Å²) in [5.41, 5.74) is 0.291. The molecule has 0 aliphatic carbocycles. The Hall–Kier alpha value is -1.35. The fourth-order valence-corrected chi connectivity index (χ4v) is 3.87. The molecule has 0 saturated carbocycles. The van der Waals surface area contributed by atoms with E-state index < -0.39 is 0 Å². The van der Waals surface area contributed by atoms with E-state index in [1.54, 1.807) is 0 Å². The van der Waals surface area contributed by atoms with Gasteiger partial charge >= 0.3 is 0 Å². The van der Waals surface area contributed by atoms with Crippen LogP contribution in [-0.2, 0) is 0 Å². The van der Waals surface area contributed by atoms with Gasteiger partial charge in [-0.15, -0.1) is 0 Å². The topological polar surface area (TPSA) is 24.8 Å². The van der Waals surface area contributed by atoms with Crippen molar-refractivity contribution in [2.45, 2.75) is 52.2 Å². The molecule has 120 valence electrons. The molecule has 3 unspecified atom stereocenters. The van der Waals surface area contributed by atoms with Crippen molar-refractivity contribution in [3.63, 3.8) is 0 Å². The Bertz CT molecular complexity index is 506. The summed E-state index contributed by atoms with van der Waals surface area (Å²) in [5.74, 6) is 1.68. The highest BCUT2D eigenvalue weighted by Crippen LogP contribution is 2.42. The van der Waals surface area contributed by atoms with Crippen LogP contribution < -0.4 is 4.74 Å². The van der Waals surface area contributed by atoms with Gasteiger partial charge in [-0.05, 0) is 42.7 Å². The molecule has 0 spiro atoms. The molecule has 3 heteroatoms. The summed E-state index contributed by atoms with van der Waals surface area (Å²) in [6.07, 6.45) is 6.20. The van der Waals surface area contributed by atoms with E-state index in [9.17, 15) is 0 Å². The molecule has 0 bridgehead atoms. The minimum Gasteiger partial charge on any atom is -0.492 e. The van der Waals surface area contributed by atoms with Crippen LogP contribution in [0.1, 0.15) is 40.0 Å². The first-order chi connectivity index (χ1) is 10.6. The minimum absolute atomic E-state index is 0.291. The maximum Gasteiger partial charge on any atom is 0.119 e. The van der Waals surface area contributed by atoms with Crippen molar-refractivity contribution in [1.82, 2.24) is 4.90 Å². The molecule has 0 radical (unpaired) electrons. The van der Waals surface area contributed by atoms with E-state index in [1.165, 1.54) is 12.8 Å². The third-order valence-corrected chi connectivity index (χ3v) is 4.97. The molecule has 1 aromatic carbocycles. The van der Waals surface area contributed by atoms with Crippen molar-refractivity contribution in [2.24, 2.45) is 16.3 Å². The van der Waals surface area contributed by atoms with Crippen LogP contribution in [0, 0.1) is 11.3 Å². The highest BCUT2D eigenvalue weighted by Gasteiger charge is 2.45. The average molecular weight is 300 g/mol. The molecule has 22 heavy (non-hydrogen) atoms. The summed E-state index contributed by atoms with van der Waals surface area (Å²) in [4.78, 5) is 7.39. The van der Waals surface area contributed by atoms with Crippen molar-refractivity contribution in [3.05, 3.63) is 30.3 Å². The van der Waals surface area contributed by atoms with E-state index in [0.717, 1.165) is 31.2 Å². The van der Waals surface area contributed by atoms with Crippen LogP contribution in [0.25, 0.3) is 0 Å². The van der Waals surface area contributed by atoms with Gasteiger partial charge in [0.1, 0.15) is 18.5 Å². The van der Waals surface area contributed by atoms with Crippen molar-refractivity contribution >= 4 is 6.21 Å². The highest BCUT2D eigenvalue weighted by molar-refractivity contribution is 5.58. The van der Waals surface area contributed by atoms with E-state index in [1.807, 2.05) is 30.3 Å². The standard InChI is InChI=1S/C19H28N2O/c1-19(2,3)17-14-15-8-7-11-20-18(15)21(17)12-13-22-16-9-5-4-6-10-16/h4-6,9-11,15,17-18H,7-8,12-14H2,1-3H3. The van der Waals surface area contributed by atoms with Crippen molar-refractivity contribution in [2.75, 3.05) is 13.2 Å². The number of para-hydroxylation sites is 1. The molecule has 1 saturated heterocycles. The molecule has 0 aromatic heterocycles. The predicted molar refractivity (Wildman–Crippen MR) is 91.5 cm³/mol. The number of likely N-dealkylation sites (tertiary alicyclic amines) is 1. The molecular weight excluding hydrogens is 272 g/mol. The van der Waals surface area contributed by atoms with Gasteiger partial charge in [0, 0.05) is 18.8 Å². The zero-order chi connectivity index (χ0) is 15.6. The molecule has 3 atom stereocenters. The molecule has 0 N–H and O–H groups in total. The zero-order valence-corrected chi connectivity index (χ0v) is 14.0. The quantitative estimate of drug-likeness (QED) is 0.840. The second-order valence-electron chi connectivity index (χ2n) is 7.60. The SMILES string of the molecule is CC(C)(C)C1CC2CCC=NC2N1CCOc1ccccc1. The maximum absolute atomic E-state index is 5.92. The zero-order valence-electron chi connectivity index (χ0n) is 14.0. The Kier molecular flexibility index (Phi) is 4.53. The number of hydrogen-bond acceptors (Lipinski definition) is 3. The maximum atomic E-state index is 5.92. The van der Waals surface area contributed by atoms with Crippen molar-refractivity contribution < 1.29 is 4.74 Å². The third kappa shape index (κ3) is 3.35. The first-order valence-corrected chi connectivity index (χ1v) is 8.51. The van der Waals surface area contributed by atoms with E-state index in [-0.39, 0.29) is 0 Å². The van der Waals surface area contributed by atoms with Gasteiger partial charge in [-0.3, -0.25) is 9.89 Å². The smallest absolute Gasteiger partial charge is 0.119 e. The monoisotopic (exact) mass is 300 g/mol. The number of nitrogens with zero attached hydrogens (tertiary/aromatic N) is 2. The van der Waals surface area contributed by atoms with Gasteiger partial charge in [-0.2, -0.15) is 0 Å². The van der Waals surface area contributed by atoms with Gasteiger partial charge in [0.05, 0.1) is 0 Å². The second kappa shape index (κ2) is 6.41. The summed E-state index contributed by atoms with van der Waals surface area (Å²) < 4.78 is 5.92. The van der Waals surface area contributed by atoms with Gasteiger partial charge in [0.15, 0.2) is 0 Å². The fraction of sp³-hybridized carbons (Fsp3) is 0.632. The van der Waals surface area contributed by atoms with Crippen LogP contribution >= 0.6 is 0 Å². The Morgan fingerprint density at radius 3 is 2.73 bits per heavy atom. The van der Waals surface area contributed by atoms with Crippen molar-refractivity contribution in [3.8, 4) is 5.75 Å². The molecule has 2 aliphatic rings. The molecule has 2 aliphatic heterocycles. The average Bonchev–Trinajstić information content (AvgIpc) is 2.88. The summed E-state index contributed by atoms with van der Waals surface area (Å²) in [7, 11) is 0. The van der Waals surface area contributed by atoms with Gasteiger partial charge < -0.3 is 4.74 Å². The Balaban J connectivity index is 1.65. The van der Waals surface area contributed by atoms with Gasteiger partial charge in [0.25, 0.3) is 0 Å². The van der Waals surface area contributed by atoms with E-state index >= 15 is 0 Å². The summed E-state index contributed by atoms with van der Waals surface area (Å²) in [5, 5.41) is 0. The van der Waals surface area contributed by atoms with Crippen LogP contribution in [0.2, 0.25) is 0 Å². The predicted octanol–water partition coefficient (Wildman–Crippen LogP) is 3.99. The highest BCUT2D eigenvalue weighted by atomic mass is 16.5. The van der Waals surface area contributed by atoms with E-state index in [4.69, 9.17) is 9.73 Å². The lowest BCUT2D eigenvalue weighted by Gasteiger charge is -2.37. The molecule has 3 nitrogen and oxygen atoms in total. The number of aliphatic imine (C=N–C) groups is 1. The number of hydrogen-bond donors (Lipinski definition) is 0. The lowest BCUT2D eigenvalue weighted by molar-refractivity contribution is 0.0891. The first-order valence-electron chi connectivity index (χ1n) is 8.51. The lowest BCUT2D eigenvalue weighted by Crippen LogP contribution is -2.45. The Morgan fingerprint density at radius 2 is 2.00 bits per heavy atom. The largest absolute Gasteiger partial charge is 0.492 e. The molecule has 0 amide bonds. The van der Waals surface area contributed by atoms with Crippen LogP contribution in [0.4, 0.5) is 0 Å². The molecule has 1 fully saturated rings. The summed E-state index contributed by atoms with van der Waals surface area (Å²) in [6, 6.07) is 10.7. The van der Waals surface area contributed by atoms with Gasteiger partial charge in [-0.1, -0.05) is 39.0 Å². The molecular formula is C19H28N2O. The molecule has 3 rings (SSSR count). The van der Waals surface area contributed by atoms with Crippen molar-refractivity contribution in [1.29, 1.82) is 0 Å². The third-order valence-electron chi connectivity index (χ3n) is 4.97. The number of fused-ring (bicyclic) bond motifs is 1. The van der Waals surface area contributed by atoms with Gasteiger partial charge in [-0.25, -0.2) is 0 Å². The van der Waals surface area contributed by atoms with Crippen LogP contribution in [0.5, 0.6) is 5.75 Å². The van der Waals surface area contributed by atoms with Crippen LogP contribution in [-0.4, -0.2) is 36.5 Å². The van der Waals surface area contributed by atoms with Gasteiger partial charge in [0.2, 0.25) is 0 Å². The number of benzene rings is 1. The Morgan fingerprint density at radius 1 is 1.23 bits per heavy atom.